The van der Waals surface area contributed by atoms with Gasteiger partial charge in [-0.1, -0.05) is 12.1 Å². The van der Waals surface area contributed by atoms with Crippen LogP contribution in [0.3, 0.4) is 0 Å². The lowest BCUT2D eigenvalue weighted by Crippen LogP contribution is -2.37. The average molecular weight is 290 g/mol. The topological polar surface area (TPSA) is 83.6 Å². The van der Waals surface area contributed by atoms with Crippen molar-refractivity contribution < 1.29 is 14.7 Å². The molecule has 0 spiro atoms. The summed E-state index contributed by atoms with van der Waals surface area (Å²) in [6.07, 6.45) is 0.158. The van der Waals surface area contributed by atoms with Gasteiger partial charge in [0.05, 0.1) is 17.8 Å². The van der Waals surface area contributed by atoms with Gasteiger partial charge >= 0.3 is 5.97 Å². The number of amides is 1. The summed E-state index contributed by atoms with van der Waals surface area (Å²) in [5.74, 6) is -1.37. The van der Waals surface area contributed by atoms with Gasteiger partial charge in [-0.05, 0) is 34.5 Å². The van der Waals surface area contributed by atoms with Gasteiger partial charge in [0.15, 0.2) is 0 Å². The Balaban J connectivity index is 2.25. The van der Waals surface area contributed by atoms with Gasteiger partial charge in [0.1, 0.15) is 6.54 Å². The standard InChI is InChI=1S/C14H14N2O3S/c15-11-3-1-2-4-12(11)16(8-14(18)19)13(17)7-10-5-6-20-9-10/h1-6,9H,7-8,15H2,(H,18,19). The summed E-state index contributed by atoms with van der Waals surface area (Å²) >= 11 is 1.49. The first-order valence-electron chi connectivity index (χ1n) is 5.95. The molecule has 20 heavy (non-hydrogen) atoms. The van der Waals surface area contributed by atoms with Gasteiger partial charge in [-0.3, -0.25) is 14.5 Å². The highest BCUT2D eigenvalue weighted by atomic mass is 32.1. The minimum absolute atomic E-state index is 0.158. The van der Waals surface area contributed by atoms with Gasteiger partial charge in [-0.15, -0.1) is 0 Å². The number of carboxylic acids is 1. The number of nitrogens with two attached hydrogens (primary N) is 1. The maximum atomic E-state index is 12.3. The Hall–Kier alpha value is -2.34. The van der Waals surface area contributed by atoms with Crippen molar-refractivity contribution in [3.8, 4) is 0 Å². The van der Waals surface area contributed by atoms with Crippen LogP contribution in [0.2, 0.25) is 0 Å². The maximum Gasteiger partial charge on any atom is 0.323 e. The fourth-order valence-electron chi connectivity index (χ4n) is 1.84. The number of hydrogen-bond donors (Lipinski definition) is 2. The summed E-state index contributed by atoms with van der Waals surface area (Å²) in [5, 5.41) is 12.7. The van der Waals surface area contributed by atoms with Crippen LogP contribution in [0.25, 0.3) is 0 Å². The van der Waals surface area contributed by atoms with E-state index in [4.69, 9.17) is 10.8 Å². The van der Waals surface area contributed by atoms with Crippen LogP contribution in [-0.4, -0.2) is 23.5 Å². The van der Waals surface area contributed by atoms with Crippen molar-refractivity contribution in [2.45, 2.75) is 6.42 Å². The Bertz CT molecular complexity index is 611. The predicted molar refractivity (Wildman–Crippen MR) is 78.9 cm³/mol. The molecule has 1 heterocycles. The molecule has 0 atom stereocenters. The molecule has 0 bridgehead atoms. The number of hydrogen-bond acceptors (Lipinski definition) is 4. The van der Waals surface area contributed by atoms with Gasteiger partial charge in [0.25, 0.3) is 0 Å². The normalized spacial score (nSPS) is 10.2. The van der Waals surface area contributed by atoms with Crippen molar-refractivity contribution in [1.29, 1.82) is 0 Å². The molecule has 0 fully saturated rings. The molecule has 0 saturated heterocycles. The Morgan fingerprint density at radius 3 is 2.60 bits per heavy atom. The molecule has 1 aromatic heterocycles. The Morgan fingerprint density at radius 1 is 1.25 bits per heavy atom. The summed E-state index contributed by atoms with van der Waals surface area (Å²) in [6, 6.07) is 8.58. The van der Waals surface area contributed by atoms with Crippen molar-refractivity contribution in [1.82, 2.24) is 0 Å². The SMILES string of the molecule is Nc1ccccc1N(CC(=O)O)C(=O)Cc1ccsc1. The molecule has 3 N–H and O–H groups in total. The first-order valence-corrected chi connectivity index (χ1v) is 6.90. The fourth-order valence-corrected chi connectivity index (χ4v) is 2.51. The number of benzene rings is 1. The van der Waals surface area contributed by atoms with E-state index in [9.17, 15) is 9.59 Å². The number of aliphatic carboxylic acids is 1. The van der Waals surface area contributed by atoms with Crippen LogP contribution in [0.1, 0.15) is 5.56 Å². The summed E-state index contributed by atoms with van der Waals surface area (Å²) < 4.78 is 0. The van der Waals surface area contributed by atoms with Crippen LogP contribution in [0.5, 0.6) is 0 Å². The summed E-state index contributed by atoms with van der Waals surface area (Å²) in [5.41, 5.74) is 7.50. The first-order chi connectivity index (χ1) is 9.58. The van der Waals surface area contributed by atoms with Gasteiger partial charge in [0, 0.05) is 0 Å². The van der Waals surface area contributed by atoms with Crippen LogP contribution >= 0.6 is 11.3 Å². The third-order valence-electron chi connectivity index (χ3n) is 2.76. The van der Waals surface area contributed by atoms with Crippen LogP contribution in [0.4, 0.5) is 11.4 Å². The van der Waals surface area contributed by atoms with Gasteiger partial charge in [-0.25, -0.2) is 0 Å². The second-order valence-corrected chi connectivity index (χ2v) is 5.02. The van der Waals surface area contributed by atoms with Crippen molar-refractivity contribution in [2.24, 2.45) is 0 Å². The zero-order valence-electron chi connectivity index (χ0n) is 10.7. The lowest BCUT2D eigenvalue weighted by atomic mass is 10.2. The highest BCUT2D eigenvalue weighted by Gasteiger charge is 2.20. The molecule has 0 aliphatic carbocycles. The van der Waals surface area contributed by atoms with E-state index in [0.717, 1.165) is 5.56 Å². The van der Waals surface area contributed by atoms with E-state index in [1.807, 2.05) is 16.8 Å². The lowest BCUT2D eigenvalue weighted by Gasteiger charge is -2.22. The van der Waals surface area contributed by atoms with E-state index >= 15 is 0 Å². The minimum Gasteiger partial charge on any atom is -0.480 e. The average Bonchev–Trinajstić information content (AvgIpc) is 2.89. The van der Waals surface area contributed by atoms with E-state index in [1.165, 1.54) is 16.2 Å². The highest BCUT2D eigenvalue weighted by Crippen LogP contribution is 2.23. The summed E-state index contributed by atoms with van der Waals surface area (Å²) in [4.78, 5) is 24.5. The minimum atomic E-state index is -1.08. The number of thiophene rings is 1. The largest absolute Gasteiger partial charge is 0.480 e. The van der Waals surface area contributed by atoms with Gasteiger partial charge in [0.2, 0.25) is 5.91 Å². The van der Waals surface area contributed by atoms with Crippen molar-refractivity contribution in [3.05, 3.63) is 46.7 Å². The first kappa shape index (κ1) is 14.1. The number of carbonyl (C=O) groups is 2. The molecule has 0 aliphatic heterocycles. The molecule has 0 radical (unpaired) electrons. The van der Waals surface area contributed by atoms with Crippen molar-refractivity contribution in [3.63, 3.8) is 0 Å². The van der Waals surface area contributed by atoms with Gasteiger partial charge < -0.3 is 10.8 Å². The van der Waals surface area contributed by atoms with Crippen LogP contribution in [0.15, 0.2) is 41.1 Å². The number of rotatable bonds is 5. The van der Waals surface area contributed by atoms with Crippen LogP contribution in [0, 0.1) is 0 Å². The van der Waals surface area contributed by atoms with Crippen molar-refractivity contribution in [2.75, 3.05) is 17.2 Å². The van der Waals surface area contributed by atoms with Crippen molar-refractivity contribution >= 4 is 34.6 Å². The Labute approximate surface area is 120 Å². The number of nitrogen functional groups attached to an aromatic ring is 1. The van der Waals surface area contributed by atoms with E-state index in [-0.39, 0.29) is 12.3 Å². The maximum absolute atomic E-state index is 12.3. The highest BCUT2D eigenvalue weighted by molar-refractivity contribution is 7.08. The molecule has 1 amide bonds. The molecule has 2 rings (SSSR count). The quantitative estimate of drug-likeness (QED) is 0.825. The summed E-state index contributed by atoms with van der Waals surface area (Å²) in [6.45, 7) is -0.406. The second kappa shape index (κ2) is 6.21. The Kier molecular flexibility index (Phi) is 4.37. The fraction of sp³-hybridized carbons (Fsp3) is 0.143. The van der Waals surface area contributed by atoms with Crippen LogP contribution in [-0.2, 0) is 16.0 Å². The molecule has 0 unspecified atom stereocenters. The van der Waals surface area contributed by atoms with E-state index in [1.54, 1.807) is 24.3 Å². The summed E-state index contributed by atoms with van der Waals surface area (Å²) in [7, 11) is 0. The Morgan fingerprint density at radius 2 is 2.00 bits per heavy atom. The number of carboxylic acid groups (broad SMARTS) is 1. The molecule has 5 nitrogen and oxygen atoms in total. The number of nitrogens with zero attached hydrogens (tertiary/aromatic N) is 1. The predicted octanol–water partition coefficient (Wildman–Crippen LogP) is 1.99. The lowest BCUT2D eigenvalue weighted by molar-refractivity contribution is -0.136. The molecule has 6 heteroatoms. The van der Waals surface area contributed by atoms with E-state index < -0.39 is 12.5 Å². The van der Waals surface area contributed by atoms with E-state index in [0.29, 0.717) is 11.4 Å². The third kappa shape index (κ3) is 3.36. The second-order valence-electron chi connectivity index (χ2n) is 4.24. The monoisotopic (exact) mass is 290 g/mol. The zero-order chi connectivity index (χ0) is 14.5. The molecular weight excluding hydrogens is 276 g/mol. The van der Waals surface area contributed by atoms with E-state index in [2.05, 4.69) is 0 Å². The molecule has 0 saturated carbocycles. The van der Waals surface area contributed by atoms with Gasteiger partial charge in [-0.2, -0.15) is 11.3 Å². The molecule has 0 aliphatic rings. The third-order valence-corrected chi connectivity index (χ3v) is 3.49. The number of carbonyl (C=O) groups excluding carboxylic acids is 1. The van der Waals surface area contributed by atoms with Crippen LogP contribution < -0.4 is 10.6 Å². The molecular formula is C14H14N2O3S. The number of para-hydroxylation sites is 2. The zero-order valence-corrected chi connectivity index (χ0v) is 11.5. The number of anilines is 2. The molecule has 2 aromatic rings. The molecule has 1 aromatic carbocycles. The molecule has 104 valence electrons. The smallest absolute Gasteiger partial charge is 0.323 e.